The van der Waals surface area contributed by atoms with Crippen molar-refractivity contribution in [1.29, 1.82) is 0 Å². The van der Waals surface area contributed by atoms with Crippen LogP contribution in [-0.2, 0) is 11.3 Å². The molecular formula is C27H30N4O2S. The highest BCUT2D eigenvalue weighted by molar-refractivity contribution is 7.21. The van der Waals surface area contributed by atoms with Crippen LogP contribution in [0.2, 0.25) is 0 Å². The van der Waals surface area contributed by atoms with E-state index < -0.39 is 5.60 Å². The summed E-state index contributed by atoms with van der Waals surface area (Å²) in [6.45, 7) is 8.43. The summed E-state index contributed by atoms with van der Waals surface area (Å²) < 4.78 is 6.59. The Morgan fingerprint density at radius 1 is 1.15 bits per heavy atom. The minimum absolute atomic E-state index is 0.166. The summed E-state index contributed by atoms with van der Waals surface area (Å²) >= 11 is 1.71. The van der Waals surface area contributed by atoms with Crippen molar-refractivity contribution in [3.8, 4) is 10.6 Å². The lowest BCUT2D eigenvalue weighted by Gasteiger charge is -2.32. The third kappa shape index (κ3) is 5.21. The van der Waals surface area contributed by atoms with E-state index in [0.717, 1.165) is 53.9 Å². The van der Waals surface area contributed by atoms with Crippen LogP contribution >= 0.6 is 11.3 Å². The molecule has 1 saturated heterocycles. The highest BCUT2D eigenvalue weighted by Gasteiger charge is 2.23. The topological polar surface area (TPSA) is 67.3 Å². The molecule has 0 unspecified atom stereocenters. The number of pyridine rings is 1. The largest absolute Gasteiger partial charge is 0.444 e. The van der Waals surface area contributed by atoms with Crippen LogP contribution in [0.4, 0.5) is 4.79 Å². The Morgan fingerprint density at radius 3 is 2.71 bits per heavy atom. The summed E-state index contributed by atoms with van der Waals surface area (Å²) in [5, 5.41) is 6.34. The first-order valence-electron chi connectivity index (χ1n) is 11.8. The quantitative estimate of drug-likeness (QED) is 0.393. The number of carbonyl (C=O) groups is 1. The van der Waals surface area contributed by atoms with Gasteiger partial charge in [0, 0.05) is 49.0 Å². The molecule has 0 spiro atoms. The van der Waals surface area contributed by atoms with Gasteiger partial charge in [-0.1, -0.05) is 24.3 Å². The van der Waals surface area contributed by atoms with Gasteiger partial charge < -0.3 is 10.1 Å². The van der Waals surface area contributed by atoms with Crippen LogP contribution in [0.5, 0.6) is 0 Å². The van der Waals surface area contributed by atoms with Crippen LogP contribution < -0.4 is 5.32 Å². The van der Waals surface area contributed by atoms with Gasteiger partial charge in [0.2, 0.25) is 0 Å². The molecule has 5 rings (SSSR count). The number of carbonyl (C=O) groups excluding carboxylic acids is 1. The molecule has 1 aliphatic heterocycles. The molecular weight excluding hydrogens is 444 g/mol. The minimum atomic E-state index is -0.472. The van der Waals surface area contributed by atoms with Gasteiger partial charge in [-0.25, -0.2) is 9.78 Å². The fraction of sp³-hybridized carbons (Fsp3) is 0.370. The number of benzene rings is 2. The summed E-state index contributed by atoms with van der Waals surface area (Å²) in [5.74, 6) is 0. The lowest BCUT2D eigenvalue weighted by atomic mass is 10.0. The van der Waals surface area contributed by atoms with Crippen molar-refractivity contribution in [2.75, 3.05) is 13.1 Å². The van der Waals surface area contributed by atoms with Gasteiger partial charge in [-0.2, -0.15) is 0 Å². The average Bonchev–Trinajstić information content (AvgIpc) is 3.23. The standard InChI is InChI=1S/C27H30N4O2S/c1-27(2,3)33-26(32)29-20-10-12-31(13-11-20)17-18-8-9-19-15-28-16-22(21(19)14-18)25-30-23-6-4-5-7-24(23)34-25/h4-9,14-16,20H,10-13,17H2,1-3H3,(H,29,32). The number of ether oxygens (including phenoxy) is 1. The Bertz CT molecular complexity index is 1290. The highest BCUT2D eigenvalue weighted by Crippen LogP contribution is 2.34. The zero-order valence-electron chi connectivity index (χ0n) is 19.9. The predicted octanol–water partition coefficient (Wildman–Crippen LogP) is 6.00. The third-order valence-electron chi connectivity index (χ3n) is 6.06. The summed E-state index contributed by atoms with van der Waals surface area (Å²) in [7, 11) is 0. The molecule has 3 heterocycles. The van der Waals surface area contributed by atoms with E-state index in [1.807, 2.05) is 39.2 Å². The van der Waals surface area contributed by atoms with E-state index in [1.54, 1.807) is 11.3 Å². The number of nitrogens with one attached hydrogen (secondary N) is 1. The lowest BCUT2D eigenvalue weighted by Crippen LogP contribution is -2.45. The first kappa shape index (κ1) is 22.7. The van der Waals surface area contributed by atoms with Gasteiger partial charge in [0.25, 0.3) is 0 Å². The van der Waals surface area contributed by atoms with E-state index in [1.165, 1.54) is 15.6 Å². The van der Waals surface area contributed by atoms with E-state index in [2.05, 4.69) is 51.6 Å². The van der Waals surface area contributed by atoms with Crippen LogP contribution in [-0.4, -0.2) is 45.7 Å². The Morgan fingerprint density at radius 2 is 1.94 bits per heavy atom. The number of fused-ring (bicyclic) bond motifs is 2. The number of aromatic nitrogens is 2. The molecule has 0 aliphatic carbocycles. The van der Waals surface area contributed by atoms with Gasteiger partial charge in [-0.3, -0.25) is 9.88 Å². The molecule has 0 bridgehead atoms. The summed E-state index contributed by atoms with van der Waals surface area (Å²) in [5.41, 5.74) is 2.92. The van der Waals surface area contributed by atoms with Crippen molar-refractivity contribution in [2.45, 2.75) is 51.8 Å². The monoisotopic (exact) mass is 474 g/mol. The molecule has 1 amide bonds. The van der Waals surface area contributed by atoms with Crippen molar-refractivity contribution in [2.24, 2.45) is 0 Å². The first-order valence-corrected chi connectivity index (χ1v) is 12.6. The minimum Gasteiger partial charge on any atom is -0.444 e. The summed E-state index contributed by atoms with van der Waals surface area (Å²) in [4.78, 5) is 23.9. The third-order valence-corrected chi connectivity index (χ3v) is 7.13. The molecule has 1 N–H and O–H groups in total. The number of piperidine rings is 1. The van der Waals surface area contributed by atoms with Crippen molar-refractivity contribution < 1.29 is 9.53 Å². The zero-order chi connectivity index (χ0) is 23.7. The maximum absolute atomic E-state index is 12.1. The zero-order valence-corrected chi connectivity index (χ0v) is 20.7. The second-order valence-electron chi connectivity index (χ2n) is 9.93. The molecule has 0 radical (unpaired) electrons. The van der Waals surface area contributed by atoms with Crippen LogP contribution in [0.1, 0.15) is 39.2 Å². The van der Waals surface area contributed by atoms with E-state index in [9.17, 15) is 4.79 Å². The van der Waals surface area contributed by atoms with Crippen molar-refractivity contribution in [1.82, 2.24) is 20.2 Å². The van der Waals surface area contributed by atoms with Gasteiger partial charge in [0.05, 0.1) is 10.2 Å². The lowest BCUT2D eigenvalue weighted by molar-refractivity contribution is 0.0477. The molecule has 6 nitrogen and oxygen atoms in total. The number of rotatable bonds is 4. The van der Waals surface area contributed by atoms with E-state index in [0.29, 0.717) is 0 Å². The number of likely N-dealkylation sites (tertiary alicyclic amines) is 1. The average molecular weight is 475 g/mol. The Kier molecular flexibility index (Phi) is 6.23. The fourth-order valence-corrected chi connectivity index (χ4v) is 5.42. The molecule has 1 aliphatic rings. The molecule has 0 saturated carbocycles. The number of hydrogen-bond acceptors (Lipinski definition) is 6. The Labute approximate surface area is 204 Å². The first-order chi connectivity index (χ1) is 16.3. The summed E-state index contributed by atoms with van der Waals surface area (Å²) in [6, 6.07) is 15.0. The number of thiazole rings is 1. The second kappa shape index (κ2) is 9.31. The molecule has 4 aromatic rings. The van der Waals surface area contributed by atoms with Gasteiger partial charge in [-0.05, 0) is 62.8 Å². The molecule has 2 aromatic carbocycles. The Hall–Kier alpha value is -3.03. The van der Waals surface area contributed by atoms with E-state index in [4.69, 9.17) is 9.72 Å². The molecule has 176 valence electrons. The molecule has 7 heteroatoms. The van der Waals surface area contributed by atoms with Gasteiger partial charge in [-0.15, -0.1) is 11.3 Å². The molecule has 34 heavy (non-hydrogen) atoms. The fourth-order valence-electron chi connectivity index (χ4n) is 4.43. The van der Waals surface area contributed by atoms with Gasteiger partial charge >= 0.3 is 6.09 Å². The smallest absolute Gasteiger partial charge is 0.407 e. The van der Waals surface area contributed by atoms with Crippen molar-refractivity contribution in [3.63, 3.8) is 0 Å². The van der Waals surface area contributed by atoms with Crippen LogP contribution in [0.25, 0.3) is 31.6 Å². The van der Waals surface area contributed by atoms with Gasteiger partial charge in [0.1, 0.15) is 10.6 Å². The van der Waals surface area contributed by atoms with Crippen LogP contribution in [0, 0.1) is 0 Å². The SMILES string of the molecule is CC(C)(C)OC(=O)NC1CCN(Cc2ccc3cncc(-c4nc5ccccc5s4)c3c2)CC1. The van der Waals surface area contributed by atoms with Crippen LogP contribution in [0.15, 0.2) is 54.9 Å². The second-order valence-corrected chi connectivity index (χ2v) is 11.0. The summed E-state index contributed by atoms with van der Waals surface area (Å²) in [6.07, 6.45) is 5.37. The Balaban J connectivity index is 1.28. The highest BCUT2D eigenvalue weighted by atomic mass is 32.1. The van der Waals surface area contributed by atoms with Crippen LogP contribution in [0.3, 0.4) is 0 Å². The number of hydrogen-bond donors (Lipinski definition) is 1. The van der Waals surface area contributed by atoms with Crippen molar-refractivity contribution in [3.05, 3.63) is 60.4 Å². The predicted molar refractivity (Wildman–Crippen MR) is 138 cm³/mol. The van der Waals surface area contributed by atoms with Gasteiger partial charge in [0.15, 0.2) is 0 Å². The number of nitrogens with zero attached hydrogens (tertiary/aromatic N) is 3. The van der Waals surface area contributed by atoms with Crippen molar-refractivity contribution >= 4 is 38.4 Å². The van der Waals surface area contributed by atoms with E-state index in [-0.39, 0.29) is 12.1 Å². The molecule has 0 atom stereocenters. The maximum Gasteiger partial charge on any atom is 0.407 e. The maximum atomic E-state index is 12.1. The normalized spacial score (nSPS) is 15.6. The molecule has 2 aromatic heterocycles. The number of amides is 1. The number of para-hydroxylation sites is 1. The van der Waals surface area contributed by atoms with E-state index >= 15 is 0 Å². The molecule has 1 fully saturated rings. The number of alkyl carbamates (subject to hydrolysis) is 1.